The monoisotopic (exact) mass is 448 g/mol. The zero-order chi connectivity index (χ0) is 22.2. The number of furan rings is 1. The number of halogens is 1. The summed E-state index contributed by atoms with van der Waals surface area (Å²) in [5.74, 6) is -0.768. The molecular formula is C21H21FN2O6S. The molecule has 0 bridgehead atoms. The van der Waals surface area contributed by atoms with Crippen molar-refractivity contribution in [3.63, 3.8) is 0 Å². The predicted octanol–water partition coefficient (Wildman–Crippen LogP) is 3.16. The van der Waals surface area contributed by atoms with Crippen LogP contribution in [-0.2, 0) is 14.8 Å². The Balaban J connectivity index is 1.63. The first-order valence-electron chi connectivity index (χ1n) is 9.57. The quantitative estimate of drug-likeness (QED) is 0.644. The summed E-state index contributed by atoms with van der Waals surface area (Å²) in [7, 11) is -2.52. The van der Waals surface area contributed by atoms with E-state index in [4.69, 9.17) is 13.9 Å². The van der Waals surface area contributed by atoms with Crippen molar-refractivity contribution in [2.24, 2.45) is 0 Å². The van der Waals surface area contributed by atoms with Gasteiger partial charge in [-0.1, -0.05) is 0 Å². The maximum absolute atomic E-state index is 14.4. The molecule has 0 atom stereocenters. The molecule has 4 rings (SSSR count). The molecular weight excluding hydrogens is 427 g/mol. The van der Waals surface area contributed by atoms with Crippen LogP contribution in [0.2, 0.25) is 0 Å². The molecule has 0 unspecified atom stereocenters. The van der Waals surface area contributed by atoms with Crippen molar-refractivity contribution in [2.45, 2.75) is 11.8 Å². The van der Waals surface area contributed by atoms with Crippen LogP contribution in [0.1, 0.15) is 16.1 Å². The number of hydrogen-bond donors (Lipinski definition) is 1. The van der Waals surface area contributed by atoms with Gasteiger partial charge in [-0.25, -0.2) is 12.8 Å². The standard InChI is InChI=1S/C21H21FN2O6S/c1-13-16-12-15(28-2)4-6-18(16)30-20(13)21(25)23-14-3-5-17(22)19(11-14)31(26,27)24-7-9-29-10-8-24/h3-6,11-12H,7-10H2,1-2H3,(H,23,25). The largest absolute Gasteiger partial charge is 0.497 e. The minimum Gasteiger partial charge on any atom is -0.497 e. The SMILES string of the molecule is COc1ccc2oc(C(=O)Nc3ccc(F)c(S(=O)(=O)N4CCOCC4)c3)c(C)c2c1. The van der Waals surface area contributed by atoms with E-state index in [1.165, 1.54) is 6.07 Å². The summed E-state index contributed by atoms with van der Waals surface area (Å²) in [5.41, 5.74) is 1.25. The van der Waals surface area contributed by atoms with E-state index in [2.05, 4.69) is 5.32 Å². The highest BCUT2D eigenvalue weighted by Crippen LogP contribution is 2.30. The molecule has 1 aliphatic heterocycles. The minimum atomic E-state index is -4.06. The van der Waals surface area contributed by atoms with Gasteiger partial charge in [-0.05, 0) is 43.3 Å². The number of methoxy groups -OCH3 is 1. The number of sulfonamides is 1. The smallest absolute Gasteiger partial charge is 0.291 e. The van der Waals surface area contributed by atoms with Crippen LogP contribution < -0.4 is 10.1 Å². The van der Waals surface area contributed by atoms with Gasteiger partial charge < -0.3 is 19.2 Å². The third-order valence-electron chi connectivity index (χ3n) is 5.13. The third kappa shape index (κ3) is 4.01. The zero-order valence-electron chi connectivity index (χ0n) is 17.0. The first-order valence-corrected chi connectivity index (χ1v) is 11.0. The van der Waals surface area contributed by atoms with Crippen molar-refractivity contribution in [3.8, 4) is 5.75 Å². The Morgan fingerprint density at radius 2 is 1.90 bits per heavy atom. The van der Waals surface area contributed by atoms with E-state index in [0.29, 0.717) is 16.9 Å². The number of rotatable bonds is 5. The Kier molecular flexibility index (Phi) is 5.69. The summed E-state index contributed by atoms with van der Waals surface area (Å²) in [5, 5.41) is 3.31. The van der Waals surface area contributed by atoms with Gasteiger partial charge in [0, 0.05) is 29.7 Å². The first-order chi connectivity index (χ1) is 14.8. The fourth-order valence-corrected chi connectivity index (χ4v) is 4.93. The van der Waals surface area contributed by atoms with Crippen molar-refractivity contribution in [3.05, 3.63) is 53.5 Å². The summed E-state index contributed by atoms with van der Waals surface area (Å²) in [6.45, 7) is 2.50. The molecule has 1 N–H and O–H groups in total. The number of nitrogens with one attached hydrogen (secondary N) is 1. The molecule has 3 aromatic rings. The summed E-state index contributed by atoms with van der Waals surface area (Å²) in [6, 6.07) is 8.60. The van der Waals surface area contributed by atoms with Crippen LogP contribution >= 0.6 is 0 Å². The molecule has 1 aromatic heterocycles. The number of amides is 1. The predicted molar refractivity (Wildman–Crippen MR) is 111 cm³/mol. The number of fused-ring (bicyclic) bond motifs is 1. The number of carbonyl (C=O) groups is 1. The fourth-order valence-electron chi connectivity index (χ4n) is 3.44. The third-order valence-corrected chi connectivity index (χ3v) is 7.04. The first kappa shape index (κ1) is 21.3. The van der Waals surface area contributed by atoms with Crippen molar-refractivity contribution < 1.29 is 31.5 Å². The highest BCUT2D eigenvalue weighted by atomic mass is 32.2. The van der Waals surface area contributed by atoms with Crippen LogP contribution in [0, 0.1) is 12.7 Å². The van der Waals surface area contributed by atoms with Crippen molar-refractivity contribution in [1.29, 1.82) is 0 Å². The number of aryl methyl sites for hydroxylation is 1. The van der Waals surface area contributed by atoms with Gasteiger partial charge in [-0.15, -0.1) is 0 Å². The van der Waals surface area contributed by atoms with Crippen molar-refractivity contribution in [2.75, 3.05) is 38.7 Å². The van der Waals surface area contributed by atoms with Crippen LogP contribution in [0.15, 0.2) is 45.7 Å². The van der Waals surface area contributed by atoms with Gasteiger partial charge in [0.05, 0.1) is 20.3 Å². The molecule has 1 saturated heterocycles. The molecule has 164 valence electrons. The average molecular weight is 448 g/mol. The molecule has 1 fully saturated rings. The summed E-state index contributed by atoms with van der Waals surface area (Å²) in [6.07, 6.45) is 0. The summed E-state index contributed by atoms with van der Waals surface area (Å²) >= 11 is 0. The lowest BCUT2D eigenvalue weighted by atomic mass is 10.1. The highest BCUT2D eigenvalue weighted by Gasteiger charge is 2.29. The van der Waals surface area contributed by atoms with E-state index in [0.717, 1.165) is 21.8 Å². The van der Waals surface area contributed by atoms with Crippen LogP contribution in [0.25, 0.3) is 11.0 Å². The van der Waals surface area contributed by atoms with Crippen molar-refractivity contribution >= 4 is 32.6 Å². The second-order valence-corrected chi connectivity index (χ2v) is 8.94. The van der Waals surface area contributed by atoms with E-state index in [9.17, 15) is 17.6 Å². The van der Waals surface area contributed by atoms with E-state index in [1.54, 1.807) is 32.2 Å². The Morgan fingerprint density at radius 3 is 2.61 bits per heavy atom. The molecule has 0 radical (unpaired) electrons. The van der Waals surface area contributed by atoms with Crippen LogP contribution in [-0.4, -0.2) is 52.0 Å². The molecule has 0 aliphatic carbocycles. The number of ether oxygens (including phenoxy) is 2. The Hall–Kier alpha value is -2.95. The van der Waals surface area contributed by atoms with Gasteiger partial charge in [0.1, 0.15) is 22.0 Å². The molecule has 2 aromatic carbocycles. The molecule has 0 saturated carbocycles. The van der Waals surface area contributed by atoms with Gasteiger partial charge in [-0.3, -0.25) is 4.79 Å². The Labute approximate surface area is 178 Å². The van der Waals surface area contributed by atoms with Gasteiger partial charge >= 0.3 is 0 Å². The van der Waals surface area contributed by atoms with E-state index in [1.807, 2.05) is 0 Å². The second kappa shape index (κ2) is 8.29. The molecule has 1 amide bonds. The number of hydrogen-bond acceptors (Lipinski definition) is 6. The lowest BCUT2D eigenvalue weighted by molar-refractivity contribution is 0.0729. The molecule has 31 heavy (non-hydrogen) atoms. The van der Waals surface area contributed by atoms with E-state index < -0.39 is 26.6 Å². The van der Waals surface area contributed by atoms with Gasteiger partial charge in [0.15, 0.2) is 5.76 Å². The molecule has 1 aliphatic rings. The van der Waals surface area contributed by atoms with E-state index >= 15 is 0 Å². The van der Waals surface area contributed by atoms with Gasteiger partial charge in [-0.2, -0.15) is 4.31 Å². The average Bonchev–Trinajstić information content (AvgIpc) is 3.11. The van der Waals surface area contributed by atoms with Gasteiger partial charge in [0.25, 0.3) is 5.91 Å². The fraction of sp³-hybridized carbons (Fsp3) is 0.286. The molecule has 2 heterocycles. The lowest BCUT2D eigenvalue weighted by Gasteiger charge is -2.26. The summed E-state index contributed by atoms with van der Waals surface area (Å²) < 4.78 is 57.2. The molecule has 10 heteroatoms. The van der Waals surface area contributed by atoms with Gasteiger partial charge in [0.2, 0.25) is 10.0 Å². The maximum Gasteiger partial charge on any atom is 0.291 e. The van der Waals surface area contributed by atoms with E-state index in [-0.39, 0.29) is 37.8 Å². The lowest BCUT2D eigenvalue weighted by Crippen LogP contribution is -2.40. The normalized spacial score (nSPS) is 15.2. The number of benzene rings is 2. The number of carbonyl (C=O) groups excluding carboxylic acids is 1. The molecule has 8 nitrogen and oxygen atoms in total. The Bertz CT molecular complexity index is 1250. The van der Waals surface area contributed by atoms with Crippen LogP contribution in [0.3, 0.4) is 0 Å². The number of nitrogens with zero attached hydrogens (tertiary/aromatic N) is 1. The summed E-state index contributed by atoms with van der Waals surface area (Å²) in [4.78, 5) is 12.3. The Morgan fingerprint density at radius 1 is 1.16 bits per heavy atom. The van der Waals surface area contributed by atoms with Crippen LogP contribution in [0.5, 0.6) is 5.75 Å². The number of morpholine rings is 1. The number of anilines is 1. The minimum absolute atomic E-state index is 0.0742. The molecule has 0 spiro atoms. The van der Waals surface area contributed by atoms with Crippen LogP contribution in [0.4, 0.5) is 10.1 Å². The topological polar surface area (TPSA) is 98.1 Å². The zero-order valence-corrected chi connectivity index (χ0v) is 17.8. The maximum atomic E-state index is 14.4. The second-order valence-electron chi connectivity index (χ2n) is 7.03. The van der Waals surface area contributed by atoms with Crippen molar-refractivity contribution in [1.82, 2.24) is 4.31 Å². The highest BCUT2D eigenvalue weighted by molar-refractivity contribution is 7.89.